The fourth-order valence-electron chi connectivity index (χ4n) is 3.71. The summed E-state index contributed by atoms with van der Waals surface area (Å²) >= 11 is 1.39. The molecule has 7 heteroatoms. The molecule has 3 heterocycles. The van der Waals surface area contributed by atoms with Gasteiger partial charge in [-0.15, -0.1) is 11.3 Å². The van der Waals surface area contributed by atoms with Gasteiger partial charge in [0.2, 0.25) is 5.91 Å². The molecule has 28 heavy (non-hydrogen) atoms. The van der Waals surface area contributed by atoms with E-state index >= 15 is 0 Å². The topological polar surface area (TPSA) is 68.6 Å². The number of anilines is 1. The molecule has 1 saturated heterocycles. The number of benzene rings is 1. The second-order valence-electron chi connectivity index (χ2n) is 7.23. The molecule has 146 valence electrons. The summed E-state index contributed by atoms with van der Waals surface area (Å²) in [6.07, 6.45) is 1.47. The number of thiophene rings is 1. The van der Waals surface area contributed by atoms with Crippen LogP contribution in [0.25, 0.3) is 0 Å². The van der Waals surface area contributed by atoms with Crippen LogP contribution in [0.2, 0.25) is 0 Å². The van der Waals surface area contributed by atoms with Crippen molar-refractivity contribution in [3.8, 4) is 11.8 Å². The molecule has 2 aliphatic rings. The maximum absolute atomic E-state index is 12.2. The van der Waals surface area contributed by atoms with E-state index in [0.29, 0.717) is 17.0 Å². The van der Waals surface area contributed by atoms with Gasteiger partial charge in [0.15, 0.2) is 0 Å². The Labute approximate surface area is 169 Å². The number of fused-ring (bicyclic) bond motifs is 1. The van der Waals surface area contributed by atoms with Gasteiger partial charge in [-0.05, 0) is 28.6 Å². The quantitative estimate of drug-likeness (QED) is 0.813. The number of piperazine rings is 1. The highest BCUT2D eigenvalue weighted by Gasteiger charge is 2.19. The smallest absolute Gasteiger partial charge is 0.226 e. The number of nitrogens with one attached hydrogen (secondary N) is 1. The van der Waals surface area contributed by atoms with Gasteiger partial charge in [0, 0.05) is 52.1 Å². The van der Waals surface area contributed by atoms with E-state index in [1.807, 2.05) is 5.38 Å². The summed E-state index contributed by atoms with van der Waals surface area (Å²) in [5.41, 5.74) is 3.21. The number of nitriles is 1. The summed E-state index contributed by atoms with van der Waals surface area (Å²) < 4.78 is 5.58. The van der Waals surface area contributed by atoms with Crippen LogP contribution in [-0.2, 0) is 17.8 Å². The molecule has 0 radical (unpaired) electrons. The summed E-state index contributed by atoms with van der Waals surface area (Å²) in [6, 6.07) is 10.4. The van der Waals surface area contributed by atoms with Crippen molar-refractivity contribution >= 4 is 22.2 Å². The Morgan fingerprint density at radius 1 is 1.21 bits per heavy atom. The predicted molar refractivity (Wildman–Crippen MR) is 110 cm³/mol. The molecule has 1 fully saturated rings. The van der Waals surface area contributed by atoms with Crippen molar-refractivity contribution < 1.29 is 9.53 Å². The molecule has 0 spiro atoms. The van der Waals surface area contributed by atoms with E-state index in [9.17, 15) is 4.79 Å². The van der Waals surface area contributed by atoms with Gasteiger partial charge >= 0.3 is 0 Å². The number of carbonyl (C=O) groups excluding carboxylic acids is 1. The van der Waals surface area contributed by atoms with E-state index < -0.39 is 0 Å². The largest absolute Gasteiger partial charge is 0.493 e. The van der Waals surface area contributed by atoms with Crippen LogP contribution in [0.4, 0.5) is 5.00 Å². The van der Waals surface area contributed by atoms with Crippen molar-refractivity contribution in [1.82, 2.24) is 9.80 Å². The fourth-order valence-corrected chi connectivity index (χ4v) is 4.46. The number of hydrogen-bond acceptors (Lipinski definition) is 6. The maximum Gasteiger partial charge on any atom is 0.226 e. The van der Waals surface area contributed by atoms with Crippen molar-refractivity contribution in [1.29, 1.82) is 5.26 Å². The molecule has 0 atom stereocenters. The summed E-state index contributed by atoms with van der Waals surface area (Å²) in [7, 11) is 0. The highest BCUT2D eigenvalue weighted by atomic mass is 32.1. The lowest BCUT2D eigenvalue weighted by atomic mass is 10.1. The second-order valence-corrected chi connectivity index (χ2v) is 8.15. The van der Waals surface area contributed by atoms with Crippen molar-refractivity contribution in [3.63, 3.8) is 0 Å². The standard InChI is InChI=1S/C21H24N4O2S/c22-14-18-5-12-28-21(18)23-20(26)3-6-24-7-9-25(10-8-24)15-16-1-2-19-17(13-16)4-11-27-19/h1-2,5,12-13H,3-4,6-11,15H2,(H,23,26). The van der Waals surface area contributed by atoms with Gasteiger partial charge in [-0.1, -0.05) is 12.1 Å². The zero-order chi connectivity index (χ0) is 19.3. The van der Waals surface area contributed by atoms with Gasteiger partial charge in [-0.2, -0.15) is 5.26 Å². The molecule has 0 aliphatic carbocycles. The Hall–Kier alpha value is -2.40. The molecule has 0 bridgehead atoms. The third-order valence-electron chi connectivity index (χ3n) is 5.32. The molecule has 4 rings (SSSR count). The molecule has 1 N–H and O–H groups in total. The first-order valence-electron chi connectivity index (χ1n) is 9.68. The van der Waals surface area contributed by atoms with Crippen LogP contribution in [0, 0.1) is 11.3 Å². The Bertz CT molecular complexity index is 881. The first kappa shape index (κ1) is 18.9. The monoisotopic (exact) mass is 396 g/mol. The number of ether oxygens (including phenoxy) is 1. The van der Waals surface area contributed by atoms with Gasteiger partial charge in [0.25, 0.3) is 0 Å². The normalized spacial score (nSPS) is 17.0. The molecular weight excluding hydrogens is 372 g/mol. The van der Waals surface area contributed by atoms with Crippen molar-refractivity contribution in [3.05, 3.63) is 46.3 Å². The lowest BCUT2D eigenvalue weighted by molar-refractivity contribution is -0.116. The first-order chi connectivity index (χ1) is 13.7. The number of nitrogens with zero attached hydrogens (tertiary/aromatic N) is 3. The van der Waals surface area contributed by atoms with Crippen LogP contribution < -0.4 is 10.1 Å². The lowest BCUT2D eigenvalue weighted by Crippen LogP contribution is -2.46. The van der Waals surface area contributed by atoms with Crippen molar-refractivity contribution in [2.24, 2.45) is 0 Å². The average Bonchev–Trinajstić information content (AvgIpc) is 3.36. The van der Waals surface area contributed by atoms with Crippen LogP contribution in [0.15, 0.2) is 29.6 Å². The lowest BCUT2D eigenvalue weighted by Gasteiger charge is -2.34. The van der Waals surface area contributed by atoms with E-state index in [1.54, 1.807) is 6.07 Å². The minimum absolute atomic E-state index is 0.0262. The van der Waals surface area contributed by atoms with Gasteiger partial charge in [-0.3, -0.25) is 9.69 Å². The minimum atomic E-state index is -0.0262. The number of hydrogen-bond donors (Lipinski definition) is 1. The first-order valence-corrected chi connectivity index (χ1v) is 10.6. The van der Waals surface area contributed by atoms with Gasteiger partial charge in [0.1, 0.15) is 16.8 Å². The molecule has 0 unspecified atom stereocenters. The Morgan fingerprint density at radius 3 is 2.86 bits per heavy atom. The highest BCUT2D eigenvalue weighted by Crippen LogP contribution is 2.26. The third kappa shape index (κ3) is 4.53. The minimum Gasteiger partial charge on any atom is -0.493 e. The number of amides is 1. The zero-order valence-electron chi connectivity index (χ0n) is 15.8. The molecule has 6 nitrogen and oxygen atoms in total. The Kier molecular flexibility index (Phi) is 5.91. The second kappa shape index (κ2) is 8.74. The summed E-state index contributed by atoms with van der Waals surface area (Å²) in [6.45, 7) is 6.50. The van der Waals surface area contributed by atoms with Crippen LogP contribution in [0.5, 0.6) is 5.75 Å². The summed E-state index contributed by atoms with van der Waals surface area (Å²) in [5, 5.41) is 14.3. The van der Waals surface area contributed by atoms with Crippen LogP contribution in [0.3, 0.4) is 0 Å². The van der Waals surface area contributed by atoms with Crippen molar-refractivity contribution in [2.45, 2.75) is 19.4 Å². The Balaban J connectivity index is 1.19. The summed E-state index contributed by atoms with van der Waals surface area (Å²) in [4.78, 5) is 17.0. The molecule has 1 amide bonds. The molecule has 1 aromatic carbocycles. The van der Waals surface area contributed by atoms with Crippen LogP contribution >= 0.6 is 11.3 Å². The van der Waals surface area contributed by atoms with E-state index in [1.165, 1.54) is 22.5 Å². The molecule has 2 aromatic rings. The average molecular weight is 397 g/mol. The molecular formula is C21H24N4O2S. The third-order valence-corrected chi connectivity index (χ3v) is 6.15. The Morgan fingerprint density at radius 2 is 2.04 bits per heavy atom. The van der Waals surface area contributed by atoms with E-state index in [-0.39, 0.29) is 5.91 Å². The number of rotatable bonds is 6. The van der Waals surface area contributed by atoms with Gasteiger partial charge < -0.3 is 15.0 Å². The zero-order valence-corrected chi connectivity index (χ0v) is 16.6. The fraction of sp³-hybridized carbons (Fsp3) is 0.429. The SMILES string of the molecule is N#Cc1ccsc1NC(=O)CCN1CCN(Cc2ccc3c(c2)CCO3)CC1. The van der Waals surface area contributed by atoms with Crippen LogP contribution in [-0.4, -0.2) is 55.0 Å². The van der Waals surface area contributed by atoms with Gasteiger partial charge in [0.05, 0.1) is 12.2 Å². The highest BCUT2D eigenvalue weighted by molar-refractivity contribution is 7.14. The van der Waals surface area contributed by atoms with E-state index in [2.05, 4.69) is 39.4 Å². The van der Waals surface area contributed by atoms with Crippen LogP contribution in [0.1, 0.15) is 23.1 Å². The number of carbonyl (C=O) groups is 1. The molecule has 2 aliphatic heterocycles. The van der Waals surface area contributed by atoms with Gasteiger partial charge in [-0.25, -0.2) is 0 Å². The van der Waals surface area contributed by atoms with E-state index in [0.717, 1.165) is 58.0 Å². The van der Waals surface area contributed by atoms with E-state index in [4.69, 9.17) is 10.00 Å². The molecule has 0 saturated carbocycles. The maximum atomic E-state index is 12.2. The summed E-state index contributed by atoms with van der Waals surface area (Å²) in [5.74, 6) is 1.01. The predicted octanol–water partition coefficient (Wildman–Crippen LogP) is 2.70. The molecule has 1 aromatic heterocycles. The van der Waals surface area contributed by atoms with Crippen molar-refractivity contribution in [2.75, 3.05) is 44.6 Å².